The number of aliphatic hydroxyl groups excluding tert-OH is 1. The fraction of sp³-hybridized carbons (Fsp3) is 0.875. The first-order chi connectivity index (χ1) is 5.74. The minimum atomic E-state index is -0.409. The number of β-amino-alcohol motifs (C(OH)–C–C–N with tert-alkyl or cyclic N) is 1. The second-order valence-corrected chi connectivity index (χ2v) is 3.00. The third kappa shape index (κ3) is 2.46. The Kier molecular flexibility index (Phi) is 3.49. The van der Waals surface area contributed by atoms with Gasteiger partial charge in [0.05, 0.1) is 18.6 Å². The van der Waals surface area contributed by atoms with Gasteiger partial charge in [0.15, 0.2) is 0 Å². The van der Waals surface area contributed by atoms with Crippen LogP contribution in [0.4, 0.5) is 0 Å². The summed E-state index contributed by atoms with van der Waals surface area (Å²) in [5.74, 6) is -0.377. The zero-order chi connectivity index (χ0) is 8.97. The molecule has 12 heavy (non-hydrogen) atoms. The molecule has 2 atom stereocenters. The molecule has 0 aliphatic carbocycles. The normalized spacial score (nSPS) is 29.8. The molecule has 4 nitrogen and oxygen atoms in total. The van der Waals surface area contributed by atoms with Crippen LogP contribution in [0, 0.1) is 5.92 Å². The molecule has 1 aliphatic heterocycles. The zero-order valence-corrected chi connectivity index (χ0v) is 7.25. The van der Waals surface area contributed by atoms with E-state index in [1.807, 2.05) is 0 Å². The number of carbonyl (C=O) groups excluding carboxylic acids is 1. The van der Waals surface area contributed by atoms with Crippen LogP contribution in [0.3, 0.4) is 0 Å². The van der Waals surface area contributed by atoms with Gasteiger partial charge in [0.25, 0.3) is 0 Å². The lowest BCUT2D eigenvalue weighted by molar-refractivity contribution is -0.149. The maximum Gasteiger partial charge on any atom is 0.310 e. The third-order valence-corrected chi connectivity index (χ3v) is 1.95. The summed E-state index contributed by atoms with van der Waals surface area (Å²) in [6, 6.07) is 0. The summed E-state index contributed by atoms with van der Waals surface area (Å²) in [6.07, 6.45) is 0.111. The van der Waals surface area contributed by atoms with Crippen molar-refractivity contribution in [3.05, 3.63) is 0 Å². The predicted molar refractivity (Wildman–Crippen MR) is 43.6 cm³/mol. The van der Waals surface area contributed by atoms with Crippen LogP contribution in [-0.2, 0) is 9.53 Å². The summed E-state index contributed by atoms with van der Waals surface area (Å²) < 4.78 is 4.84. The second kappa shape index (κ2) is 4.42. The Bertz CT molecular complexity index is 160. The molecule has 0 amide bonds. The quantitative estimate of drug-likeness (QED) is 0.554. The summed E-state index contributed by atoms with van der Waals surface area (Å²) in [5, 5.41) is 12.2. The SMILES string of the molecule is CCOC(=O)[C@@H]1CNC[C@@H](O)C1. The smallest absolute Gasteiger partial charge is 0.310 e. The van der Waals surface area contributed by atoms with Crippen LogP contribution in [0.1, 0.15) is 13.3 Å². The lowest BCUT2D eigenvalue weighted by Gasteiger charge is -2.24. The molecule has 0 aromatic heterocycles. The third-order valence-electron chi connectivity index (χ3n) is 1.95. The van der Waals surface area contributed by atoms with Crippen molar-refractivity contribution >= 4 is 5.97 Å². The van der Waals surface area contributed by atoms with Crippen molar-refractivity contribution in [2.75, 3.05) is 19.7 Å². The molecule has 1 heterocycles. The second-order valence-electron chi connectivity index (χ2n) is 3.00. The average Bonchev–Trinajstić information content (AvgIpc) is 2.05. The number of ether oxygens (including phenoxy) is 1. The Morgan fingerprint density at radius 1 is 1.67 bits per heavy atom. The highest BCUT2D eigenvalue weighted by Crippen LogP contribution is 2.11. The molecule has 0 unspecified atom stereocenters. The summed E-state index contributed by atoms with van der Waals surface area (Å²) in [6.45, 7) is 3.39. The fourth-order valence-electron chi connectivity index (χ4n) is 1.36. The molecule has 1 aliphatic rings. The maximum absolute atomic E-state index is 11.2. The molecule has 0 radical (unpaired) electrons. The number of nitrogens with one attached hydrogen (secondary N) is 1. The highest BCUT2D eigenvalue weighted by Gasteiger charge is 2.26. The first kappa shape index (κ1) is 9.48. The molecule has 4 heteroatoms. The number of hydrogen-bond acceptors (Lipinski definition) is 4. The van der Waals surface area contributed by atoms with Crippen LogP contribution in [0.25, 0.3) is 0 Å². The van der Waals surface area contributed by atoms with Crippen molar-refractivity contribution in [2.45, 2.75) is 19.4 Å². The summed E-state index contributed by atoms with van der Waals surface area (Å²) in [5.41, 5.74) is 0. The molecule has 0 saturated carbocycles. The molecule has 70 valence electrons. The van der Waals surface area contributed by atoms with Crippen LogP contribution in [-0.4, -0.2) is 36.9 Å². The number of rotatable bonds is 2. The maximum atomic E-state index is 11.2. The van der Waals surface area contributed by atoms with Gasteiger partial charge in [0.1, 0.15) is 0 Å². The molecule has 2 N–H and O–H groups in total. The van der Waals surface area contributed by atoms with E-state index in [1.165, 1.54) is 0 Å². The van der Waals surface area contributed by atoms with Gasteiger partial charge in [0, 0.05) is 13.1 Å². The predicted octanol–water partition coefficient (Wildman–Crippen LogP) is -0.480. The number of hydrogen-bond donors (Lipinski definition) is 2. The van der Waals surface area contributed by atoms with E-state index in [-0.39, 0.29) is 11.9 Å². The van der Waals surface area contributed by atoms with Gasteiger partial charge in [-0.1, -0.05) is 0 Å². The molecule has 0 bridgehead atoms. The van der Waals surface area contributed by atoms with E-state index >= 15 is 0 Å². The number of aliphatic hydroxyl groups is 1. The van der Waals surface area contributed by atoms with Crippen LogP contribution in [0.15, 0.2) is 0 Å². The van der Waals surface area contributed by atoms with Gasteiger partial charge in [-0.05, 0) is 13.3 Å². The highest BCUT2D eigenvalue weighted by atomic mass is 16.5. The Labute approximate surface area is 71.9 Å². The van der Waals surface area contributed by atoms with E-state index in [2.05, 4.69) is 5.32 Å². The van der Waals surface area contributed by atoms with E-state index < -0.39 is 6.10 Å². The summed E-state index contributed by atoms with van der Waals surface area (Å²) in [4.78, 5) is 11.2. The van der Waals surface area contributed by atoms with Crippen LogP contribution in [0.5, 0.6) is 0 Å². The Hall–Kier alpha value is -0.610. The first-order valence-electron chi connectivity index (χ1n) is 4.29. The van der Waals surface area contributed by atoms with Gasteiger partial charge >= 0.3 is 5.97 Å². The fourth-order valence-corrected chi connectivity index (χ4v) is 1.36. The van der Waals surface area contributed by atoms with Gasteiger partial charge in [-0.15, -0.1) is 0 Å². The van der Waals surface area contributed by atoms with E-state index in [0.717, 1.165) is 0 Å². The van der Waals surface area contributed by atoms with Crippen molar-refractivity contribution in [3.8, 4) is 0 Å². The topological polar surface area (TPSA) is 58.6 Å². The van der Waals surface area contributed by atoms with Gasteiger partial charge in [-0.3, -0.25) is 4.79 Å². The molecular formula is C8H15NO3. The molecule has 1 rings (SSSR count). The average molecular weight is 173 g/mol. The van der Waals surface area contributed by atoms with E-state index in [4.69, 9.17) is 4.74 Å². The summed E-state index contributed by atoms with van der Waals surface area (Å²) >= 11 is 0. The van der Waals surface area contributed by atoms with Crippen LogP contribution >= 0.6 is 0 Å². The lowest BCUT2D eigenvalue weighted by Crippen LogP contribution is -2.42. The van der Waals surface area contributed by atoms with E-state index in [0.29, 0.717) is 26.1 Å². The Morgan fingerprint density at radius 3 is 3.00 bits per heavy atom. The van der Waals surface area contributed by atoms with Crippen molar-refractivity contribution in [1.29, 1.82) is 0 Å². The van der Waals surface area contributed by atoms with Crippen molar-refractivity contribution < 1.29 is 14.6 Å². The van der Waals surface area contributed by atoms with Crippen molar-refractivity contribution in [3.63, 3.8) is 0 Å². The number of piperidine rings is 1. The van der Waals surface area contributed by atoms with Crippen molar-refractivity contribution in [1.82, 2.24) is 5.32 Å². The standard InChI is InChI=1S/C8H15NO3/c1-2-12-8(11)6-3-7(10)5-9-4-6/h6-7,9-10H,2-5H2,1H3/t6-,7-/m0/s1. The monoisotopic (exact) mass is 173 g/mol. The number of carbonyl (C=O) groups is 1. The first-order valence-corrected chi connectivity index (χ1v) is 4.29. The van der Waals surface area contributed by atoms with Gasteiger partial charge in [-0.25, -0.2) is 0 Å². The molecular weight excluding hydrogens is 158 g/mol. The summed E-state index contributed by atoms with van der Waals surface area (Å²) in [7, 11) is 0. The zero-order valence-electron chi connectivity index (χ0n) is 7.25. The van der Waals surface area contributed by atoms with Gasteiger partial charge in [-0.2, -0.15) is 0 Å². The minimum Gasteiger partial charge on any atom is -0.466 e. The lowest BCUT2D eigenvalue weighted by atomic mass is 9.98. The van der Waals surface area contributed by atoms with E-state index in [9.17, 15) is 9.90 Å². The largest absolute Gasteiger partial charge is 0.466 e. The van der Waals surface area contributed by atoms with Gasteiger partial charge < -0.3 is 15.2 Å². The Balaban J connectivity index is 2.35. The van der Waals surface area contributed by atoms with Crippen LogP contribution in [0.2, 0.25) is 0 Å². The van der Waals surface area contributed by atoms with Gasteiger partial charge in [0.2, 0.25) is 0 Å². The Morgan fingerprint density at radius 2 is 2.42 bits per heavy atom. The highest BCUT2D eigenvalue weighted by molar-refractivity contribution is 5.72. The van der Waals surface area contributed by atoms with E-state index in [1.54, 1.807) is 6.92 Å². The molecule has 0 spiro atoms. The molecule has 0 aromatic rings. The van der Waals surface area contributed by atoms with Crippen LogP contribution < -0.4 is 5.32 Å². The van der Waals surface area contributed by atoms with Crippen molar-refractivity contribution in [2.24, 2.45) is 5.92 Å². The molecule has 1 fully saturated rings. The molecule has 0 aromatic carbocycles. The number of esters is 1. The minimum absolute atomic E-state index is 0.173. The molecule has 1 saturated heterocycles.